The van der Waals surface area contributed by atoms with Crippen LogP contribution in [0.25, 0.3) is 0 Å². The summed E-state index contributed by atoms with van der Waals surface area (Å²) in [6.45, 7) is 5.21. The van der Waals surface area contributed by atoms with E-state index in [-0.39, 0.29) is 0 Å². The highest BCUT2D eigenvalue weighted by Gasteiger charge is 2.11. The van der Waals surface area contributed by atoms with E-state index in [1.807, 2.05) is 13.8 Å². The summed E-state index contributed by atoms with van der Waals surface area (Å²) in [5.41, 5.74) is 2.96. The lowest BCUT2D eigenvalue weighted by molar-refractivity contribution is 0.426. The van der Waals surface area contributed by atoms with Crippen LogP contribution in [0.2, 0.25) is 0 Å². The number of nitrogens with zero attached hydrogens (tertiary/aromatic N) is 1. The number of hydrogen-bond donors (Lipinski definition) is 0. The molecule has 1 heteroatoms. The van der Waals surface area contributed by atoms with E-state index in [1.54, 1.807) is 0 Å². The van der Waals surface area contributed by atoms with Gasteiger partial charge in [0.15, 0.2) is 0 Å². The van der Waals surface area contributed by atoms with E-state index in [0.29, 0.717) is 0 Å². The minimum Gasteiger partial charge on any atom is -0.374 e. The number of likely N-dealkylation sites (N-methyl/N-ethyl adjacent to an activating group) is 1. The van der Waals surface area contributed by atoms with Gasteiger partial charge in [0.05, 0.1) is 0 Å². The van der Waals surface area contributed by atoms with Crippen LogP contribution in [0.5, 0.6) is 0 Å². The molecule has 0 saturated heterocycles. The van der Waals surface area contributed by atoms with Gasteiger partial charge in [-0.25, -0.2) is 0 Å². The van der Waals surface area contributed by atoms with E-state index < -0.39 is 0 Å². The first-order valence-corrected chi connectivity index (χ1v) is 6.15. The number of rotatable bonds is 0. The van der Waals surface area contributed by atoms with Crippen molar-refractivity contribution in [3.8, 4) is 0 Å². The zero-order chi connectivity index (χ0) is 11.1. The molecule has 0 saturated carbocycles. The third-order valence-electron chi connectivity index (χ3n) is 2.80. The molecule has 0 aromatic heterocycles. The maximum absolute atomic E-state index is 2.38. The smallest absolute Gasteiger partial charge is 0.0392 e. The fourth-order valence-electron chi connectivity index (χ4n) is 2.03. The second-order valence-corrected chi connectivity index (χ2v) is 3.83. The highest BCUT2D eigenvalue weighted by Crippen LogP contribution is 2.24. The molecule has 0 spiro atoms. The van der Waals surface area contributed by atoms with Crippen molar-refractivity contribution < 1.29 is 0 Å². The summed E-state index contributed by atoms with van der Waals surface area (Å²) in [5.74, 6) is 0. The second-order valence-electron chi connectivity index (χ2n) is 3.83. The van der Waals surface area contributed by atoms with Gasteiger partial charge in [-0.15, -0.1) is 0 Å². The van der Waals surface area contributed by atoms with Crippen LogP contribution in [-0.4, -0.2) is 18.5 Å². The number of allylic oxidation sites excluding steroid dienone is 5. The lowest BCUT2D eigenvalue weighted by Crippen LogP contribution is -2.17. The molecule has 0 N–H and O–H groups in total. The summed E-state index contributed by atoms with van der Waals surface area (Å²) in [4.78, 5) is 2.38. The largest absolute Gasteiger partial charge is 0.374 e. The molecule has 0 amide bonds. The van der Waals surface area contributed by atoms with Crippen LogP contribution in [0.4, 0.5) is 0 Å². The van der Waals surface area contributed by atoms with E-state index in [0.717, 1.165) is 6.42 Å². The Morgan fingerprint density at radius 2 is 1.80 bits per heavy atom. The first-order valence-electron chi connectivity index (χ1n) is 6.15. The van der Waals surface area contributed by atoms with E-state index in [4.69, 9.17) is 0 Å². The van der Waals surface area contributed by atoms with Gasteiger partial charge in [0, 0.05) is 19.3 Å². The average Bonchev–Trinajstić information content (AvgIpc) is 2.59. The van der Waals surface area contributed by atoms with Gasteiger partial charge in [-0.05, 0) is 37.3 Å². The monoisotopic (exact) mass is 205 g/mol. The van der Waals surface area contributed by atoms with Crippen LogP contribution in [0.3, 0.4) is 0 Å². The van der Waals surface area contributed by atoms with Crippen molar-refractivity contribution >= 4 is 0 Å². The molecule has 1 heterocycles. The Bertz CT molecular complexity index is 271. The molecule has 2 aliphatic rings. The summed E-state index contributed by atoms with van der Waals surface area (Å²) in [6, 6.07) is 0. The Hall–Kier alpha value is -0.980. The fraction of sp³-hybridized carbons (Fsp3) is 0.571. The third kappa shape index (κ3) is 3.26. The molecule has 2 rings (SSSR count). The molecule has 1 aliphatic carbocycles. The molecular formula is C14H23N. The van der Waals surface area contributed by atoms with Crippen LogP contribution < -0.4 is 0 Å². The lowest BCUT2D eigenvalue weighted by atomic mass is 10.1. The van der Waals surface area contributed by atoms with Gasteiger partial charge >= 0.3 is 0 Å². The predicted molar refractivity (Wildman–Crippen MR) is 67.8 cm³/mol. The van der Waals surface area contributed by atoms with Crippen LogP contribution in [0.1, 0.15) is 39.5 Å². The van der Waals surface area contributed by atoms with Crippen molar-refractivity contribution in [1.82, 2.24) is 4.90 Å². The highest BCUT2D eigenvalue weighted by molar-refractivity contribution is 5.35. The summed E-state index contributed by atoms with van der Waals surface area (Å²) < 4.78 is 0. The van der Waals surface area contributed by atoms with Crippen LogP contribution in [0, 0.1) is 0 Å². The quantitative estimate of drug-likeness (QED) is 0.580. The third-order valence-corrected chi connectivity index (χ3v) is 2.80. The van der Waals surface area contributed by atoms with E-state index in [9.17, 15) is 0 Å². The number of hydrogen-bond acceptors (Lipinski definition) is 1. The van der Waals surface area contributed by atoms with Gasteiger partial charge in [0.2, 0.25) is 0 Å². The van der Waals surface area contributed by atoms with Crippen LogP contribution in [-0.2, 0) is 0 Å². The normalized spacial score (nSPS) is 20.1. The summed E-state index contributed by atoms with van der Waals surface area (Å²) in [5, 5.41) is 0. The van der Waals surface area contributed by atoms with E-state index >= 15 is 0 Å². The maximum atomic E-state index is 2.38. The lowest BCUT2D eigenvalue weighted by Gasteiger charge is -2.19. The van der Waals surface area contributed by atoms with Crippen molar-refractivity contribution in [2.45, 2.75) is 39.5 Å². The van der Waals surface area contributed by atoms with Crippen molar-refractivity contribution in [3.63, 3.8) is 0 Å². The van der Waals surface area contributed by atoms with E-state index in [1.165, 1.54) is 37.1 Å². The van der Waals surface area contributed by atoms with Gasteiger partial charge < -0.3 is 4.90 Å². The van der Waals surface area contributed by atoms with Gasteiger partial charge in [0.1, 0.15) is 0 Å². The molecular weight excluding hydrogens is 182 g/mol. The van der Waals surface area contributed by atoms with Crippen LogP contribution in [0.15, 0.2) is 35.6 Å². The SMILES string of the molecule is CC.CN1CCCCC2=C1C=CCC=C2. The van der Waals surface area contributed by atoms with Gasteiger partial charge in [-0.3, -0.25) is 0 Å². The average molecular weight is 205 g/mol. The Morgan fingerprint density at radius 3 is 2.60 bits per heavy atom. The predicted octanol–water partition coefficient (Wildman–Crippen LogP) is 3.90. The summed E-state index contributed by atoms with van der Waals surface area (Å²) >= 11 is 0. The molecule has 0 radical (unpaired) electrons. The standard InChI is InChI=1S/C12H17N.C2H6/c1-13-10-6-5-8-11-7-3-2-4-9-12(11)13;1-2/h3-4,7,9H,2,5-6,8,10H2,1H3;1-2H3. The molecule has 0 unspecified atom stereocenters. The Morgan fingerprint density at radius 1 is 1.07 bits per heavy atom. The molecule has 0 aromatic carbocycles. The Kier molecular flexibility index (Phi) is 5.23. The minimum absolute atomic E-state index is 1.08. The van der Waals surface area contributed by atoms with Gasteiger partial charge in [-0.1, -0.05) is 32.1 Å². The van der Waals surface area contributed by atoms with Crippen molar-refractivity contribution in [1.29, 1.82) is 0 Å². The second kappa shape index (κ2) is 6.49. The molecule has 0 atom stereocenters. The zero-order valence-electron chi connectivity index (χ0n) is 10.3. The van der Waals surface area contributed by atoms with Gasteiger partial charge in [-0.2, -0.15) is 0 Å². The van der Waals surface area contributed by atoms with Crippen molar-refractivity contribution in [2.75, 3.05) is 13.6 Å². The van der Waals surface area contributed by atoms with Crippen molar-refractivity contribution in [3.05, 3.63) is 35.6 Å². The van der Waals surface area contributed by atoms with Crippen LogP contribution >= 0.6 is 0 Å². The summed E-state index contributed by atoms with van der Waals surface area (Å²) in [6.07, 6.45) is 14.1. The first kappa shape index (κ1) is 12.1. The van der Waals surface area contributed by atoms with Crippen molar-refractivity contribution in [2.24, 2.45) is 0 Å². The highest BCUT2D eigenvalue weighted by atomic mass is 15.1. The zero-order valence-corrected chi connectivity index (χ0v) is 10.3. The molecule has 0 fully saturated rings. The molecule has 15 heavy (non-hydrogen) atoms. The topological polar surface area (TPSA) is 3.24 Å². The molecule has 84 valence electrons. The molecule has 0 bridgehead atoms. The van der Waals surface area contributed by atoms with Gasteiger partial charge in [0.25, 0.3) is 0 Å². The molecule has 1 aliphatic heterocycles. The molecule has 1 nitrogen and oxygen atoms in total. The Labute approximate surface area is 94.2 Å². The fourth-order valence-corrected chi connectivity index (χ4v) is 2.03. The maximum Gasteiger partial charge on any atom is 0.0392 e. The molecule has 0 aromatic rings. The summed E-state index contributed by atoms with van der Waals surface area (Å²) in [7, 11) is 2.20. The Balaban J connectivity index is 0.000000531. The van der Waals surface area contributed by atoms with E-state index in [2.05, 4.69) is 36.3 Å². The minimum atomic E-state index is 1.08. The first-order chi connectivity index (χ1) is 7.38.